The lowest BCUT2D eigenvalue weighted by Crippen LogP contribution is -2.55. The summed E-state index contributed by atoms with van der Waals surface area (Å²) in [6.45, 7) is 1.20. The topological polar surface area (TPSA) is 111 Å². The number of imide groups is 1. The van der Waals surface area contributed by atoms with Crippen molar-refractivity contribution in [1.29, 1.82) is 0 Å². The molecule has 3 N–H and O–H groups in total. The minimum atomic E-state index is -1.34. The third kappa shape index (κ3) is 5.80. The maximum atomic E-state index is 14.1. The van der Waals surface area contributed by atoms with Crippen LogP contribution in [-0.2, 0) is 15.1 Å². The smallest absolute Gasteiger partial charge is 0.337 e. The number of nitrogens with zero attached hydrogens (tertiary/aromatic N) is 2. The van der Waals surface area contributed by atoms with Gasteiger partial charge in [-0.05, 0) is 67.5 Å². The van der Waals surface area contributed by atoms with E-state index >= 15 is 0 Å². The van der Waals surface area contributed by atoms with Crippen LogP contribution < -0.4 is 10.6 Å². The maximum absolute atomic E-state index is 14.1. The van der Waals surface area contributed by atoms with Crippen molar-refractivity contribution in [3.05, 3.63) is 82.8 Å². The fourth-order valence-corrected chi connectivity index (χ4v) is 6.03. The number of carbonyl (C=O) groups is 3. The van der Waals surface area contributed by atoms with Crippen LogP contribution in [0.5, 0.6) is 0 Å². The number of nitrogens with one attached hydrogen (secondary N) is 2. The first-order valence-corrected chi connectivity index (χ1v) is 13.5. The van der Waals surface area contributed by atoms with Crippen molar-refractivity contribution in [2.75, 3.05) is 20.2 Å². The first kappa shape index (κ1) is 28.6. The highest BCUT2D eigenvalue weighted by Crippen LogP contribution is 2.39. The molecule has 12 heteroatoms. The average molecular weight is 573 g/mol. The molecule has 0 radical (unpaired) electrons. The molecule has 2 heterocycles. The minimum absolute atomic E-state index is 0.0226. The van der Waals surface area contributed by atoms with E-state index in [2.05, 4.69) is 15.5 Å². The number of carbonyl (C=O) groups excluding carboxylic acids is 3. The highest BCUT2D eigenvalue weighted by Gasteiger charge is 2.42. The molecule has 2 atom stereocenters. The van der Waals surface area contributed by atoms with E-state index < -0.39 is 41.3 Å². The Morgan fingerprint density at radius 1 is 1.05 bits per heavy atom. The van der Waals surface area contributed by atoms with Gasteiger partial charge in [-0.3, -0.25) is 4.90 Å². The van der Waals surface area contributed by atoms with Crippen molar-refractivity contribution in [2.24, 2.45) is 0 Å². The van der Waals surface area contributed by atoms with Crippen LogP contribution in [0.25, 0.3) is 0 Å². The van der Waals surface area contributed by atoms with E-state index in [1.807, 2.05) is 0 Å². The molecule has 4 amide bonds. The van der Waals surface area contributed by atoms with Gasteiger partial charge >= 0.3 is 18.0 Å². The SMILES string of the molecule is COC(=O)C1=CNC(=O)N(C(=O)N[C@@H]2CCN(C3CCC(O)(c4ccc(F)cc4)CC3)C2)[C@H]1c1ccc(F)c(F)c1. The van der Waals surface area contributed by atoms with Crippen molar-refractivity contribution in [2.45, 2.75) is 55.8 Å². The second-order valence-electron chi connectivity index (χ2n) is 10.7. The molecular formula is C29H31F3N4O5. The van der Waals surface area contributed by atoms with Crippen LogP contribution >= 0.6 is 0 Å². The standard InChI is InChI=1S/C29H31F3N4O5/c1-41-26(37)22-15-33-27(38)36(25(22)17-2-7-23(31)24(32)14-17)28(39)34-20-10-13-35(16-20)21-8-11-29(40,12-9-21)18-3-5-19(30)6-4-18/h2-7,14-15,20-21,25,40H,8-13,16H2,1H3,(H,33,38)(H,34,39)/t20-,21?,25+,29?/m1/s1. The summed E-state index contributed by atoms with van der Waals surface area (Å²) in [6, 6.07) is 5.70. The lowest BCUT2D eigenvalue weighted by Gasteiger charge is -2.40. The Kier molecular flexibility index (Phi) is 8.05. The molecule has 9 nitrogen and oxygen atoms in total. The Bertz CT molecular complexity index is 1360. The summed E-state index contributed by atoms with van der Waals surface area (Å²) in [5.41, 5.74) is -0.426. The Balaban J connectivity index is 1.25. The molecule has 2 aliphatic heterocycles. The van der Waals surface area contributed by atoms with Gasteiger partial charge in [-0.15, -0.1) is 0 Å². The zero-order valence-corrected chi connectivity index (χ0v) is 22.4. The third-order valence-corrected chi connectivity index (χ3v) is 8.25. The summed E-state index contributed by atoms with van der Waals surface area (Å²) in [4.78, 5) is 41.8. The van der Waals surface area contributed by atoms with Gasteiger partial charge in [0.05, 0.1) is 18.3 Å². The molecule has 5 rings (SSSR count). The third-order valence-electron chi connectivity index (χ3n) is 8.25. The monoisotopic (exact) mass is 572 g/mol. The van der Waals surface area contributed by atoms with Crippen LogP contribution in [-0.4, -0.2) is 65.2 Å². The van der Waals surface area contributed by atoms with Gasteiger partial charge in [-0.1, -0.05) is 18.2 Å². The molecule has 1 saturated carbocycles. The van der Waals surface area contributed by atoms with Gasteiger partial charge in [0.15, 0.2) is 11.6 Å². The van der Waals surface area contributed by atoms with Gasteiger partial charge in [0.1, 0.15) is 11.9 Å². The number of amides is 4. The summed E-state index contributed by atoms with van der Waals surface area (Å²) in [7, 11) is 1.13. The van der Waals surface area contributed by atoms with E-state index in [4.69, 9.17) is 4.74 Å². The number of likely N-dealkylation sites (tertiary alicyclic amines) is 1. The van der Waals surface area contributed by atoms with Crippen LogP contribution in [0, 0.1) is 17.5 Å². The first-order valence-electron chi connectivity index (χ1n) is 13.5. The van der Waals surface area contributed by atoms with Crippen LogP contribution in [0.2, 0.25) is 0 Å². The minimum Gasteiger partial charge on any atom is -0.466 e. The zero-order chi connectivity index (χ0) is 29.3. The Morgan fingerprint density at radius 2 is 1.76 bits per heavy atom. The quantitative estimate of drug-likeness (QED) is 0.470. The molecule has 0 spiro atoms. The van der Waals surface area contributed by atoms with E-state index in [0.29, 0.717) is 50.8 Å². The lowest BCUT2D eigenvalue weighted by molar-refractivity contribution is -0.136. The van der Waals surface area contributed by atoms with Gasteiger partial charge in [0, 0.05) is 31.4 Å². The summed E-state index contributed by atoms with van der Waals surface area (Å²) >= 11 is 0. The molecule has 0 bridgehead atoms. The number of esters is 1. The van der Waals surface area contributed by atoms with E-state index in [-0.39, 0.29) is 29.0 Å². The Morgan fingerprint density at radius 3 is 2.41 bits per heavy atom. The predicted octanol–water partition coefficient (Wildman–Crippen LogP) is 3.84. The van der Waals surface area contributed by atoms with E-state index in [1.165, 1.54) is 18.2 Å². The fraction of sp³-hybridized carbons (Fsp3) is 0.414. The lowest BCUT2D eigenvalue weighted by atomic mass is 9.77. The van der Waals surface area contributed by atoms with E-state index in [1.54, 1.807) is 12.1 Å². The Labute approximate surface area is 234 Å². The number of ether oxygens (including phenoxy) is 1. The number of halogens is 3. The average Bonchev–Trinajstić information content (AvgIpc) is 3.42. The van der Waals surface area contributed by atoms with Gasteiger partial charge in [-0.2, -0.15) is 0 Å². The summed E-state index contributed by atoms with van der Waals surface area (Å²) in [6.07, 6.45) is 4.17. The molecule has 2 fully saturated rings. The van der Waals surface area contributed by atoms with E-state index in [9.17, 15) is 32.7 Å². The first-order chi connectivity index (χ1) is 19.6. The Hall–Kier alpha value is -3.90. The number of aliphatic hydroxyl groups is 1. The summed E-state index contributed by atoms with van der Waals surface area (Å²) < 4.78 is 45.9. The van der Waals surface area contributed by atoms with Crippen molar-refractivity contribution < 1.29 is 37.4 Å². The fourth-order valence-electron chi connectivity index (χ4n) is 6.03. The van der Waals surface area contributed by atoms with Crippen LogP contribution in [0.1, 0.15) is 49.3 Å². The van der Waals surface area contributed by atoms with E-state index in [0.717, 1.165) is 30.3 Å². The predicted molar refractivity (Wildman–Crippen MR) is 141 cm³/mol. The molecule has 2 aromatic carbocycles. The molecule has 2 aromatic rings. The van der Waals surface area contributed by atoms with Gasteiger partial charge in [-0.25, -0.2) is 32.5 Å². The van der Waals surface area contributed by atoms with Crippen LogP contribution in [0.15, 0.2) is 54.2 Å². The van der Waals surface area contributed by atoms with Gasteiger partial charge < -0.3 is 20.5 Å². The maximum Gasteiger partial charge on any atom is 0.337 e. The summed E-state index contributed by atoms with van der Waals surface area (Å²) in [5.74, 6) is -3.50. The van der Waals surface area contributed by atoms with Crippen molar-refractivity contribution in [3.8, 4) is 0 Å². The van der Waals surface area contributed by atoms with Crippen molar-refractivity contribution in [1.82, 2.24) is 20.4 Å². The van der Waals surface area contributed by atoms with Gasteiger partial charge in [0.25, 0.3) is 0 Å². The number of rotatable bonds is 5. The number of benzene rings is 2. The largest absolute Gasteiger partial charge is 0.466 e. The second kappa shape index (κ2) is 11.5. The van der Waals surface area contributed by atoms with Crippen molar-refractivity contribution >= 4 is 18.0 Å². The second-order valence-corrected chi connectivity index (χ2v) is 10.7. The molecule has 41 heavy (non-hydrogen) atoms. The van der Waals surface area contributed by atoms with Crippen LogP contribution in [0.4, 0.5) is 22.8 Å². The number of urea groups is 2. The van der Waals surface area contributed by atoms with Crippen LogP contribution in [0.3, 0.4) is 0 Å². The number of hydrogen-bond donors (Lipinski definition) is 3. The molecular weight excluding hydrogens is 541 g/mol. The zero-order valence-electron chi connectivity index (χ0n) is 22.4. The van der Waals surface area contributed by atoms with Crippen molar-refractivity contribution in [3.63, 3.8) is 0 Å². The molecule has 3 aliphatic rings. The molecule has 218 valence electrons. The molecule has 0 aromatic heterocycles. The normalized spacial score (nSPS) is 26.8. The highest BCUT2D eigenvalue weighted by atomic mass is 19.2. The number of methoxy groups -OCH3 is 1. The molecule has 1 aliphatic carbocycles. The molecule has 0 unspecified atom stereocenters. The summed E-state index contributed by atoms with van der Waals surface area (Å²) in [5, 5.41) is 16.3. The van der Waals surface area contributed by atoms with Gasteiger partial charge in [0.2, 0.25) is 0 Å². The highest BCUT2D eigenvalue weighted by molar-refractivity contribution is 6.00. The number of hydrogen-bond acceptors (Lipinski definition) is 6. The molecule has 1 saturated heterocycles.